The van der Waals surface area contributed by atoms with E-state index in [4.69, 9.17) is 4.74 Å². The normalized spacial score (nSPS) is 12.7. The van der Waals surface area contributed by atoms with E-state index in [9.17, 15) is 19.5 Å². The summed E-state index contributed by atoms with van der Waals surface area (Å²) >= 11 is 3.36. The Morgan fingerprint density at radius 2 is 1.52 bits per heavy atom. The fourth-order valence-corrected chi connectivity index (χ4v) is 5.57. The van der Waals surface area contributed by atoms with Crippen LogP contribution < -0.4 is 10.6 Å². The smallest absolute Gasteiger partial charge is 0.407 e. The number of rotatable bonds is 10. The molecule has 0 bridgehead atoms. The molecule has 9 heteroatoms. The molecule has 0 aromatic heterocycles. The van der Waals surface area contributed by atoms with Gasteiger partial charge in [0.15, 0.2) is 0 Å². The lowest BCUT2D eigenvalue weighted by Gasteiger charge is -2.25. The van der Waals surface area contributed by atoms with Crippen LogP contribution in [0.3, 0.4) is 0 Å². The Balaban J connectivity index is 1.30. The second-order valence-electron chi connectivity index (χ2n) is 10.2. The van der Waals surface area contributed by atoms with Crippen molar-refractivity contribution in [3.63, 3.8) is 0 Å². The summed E-state index contributed by atoms with van der Waals surface area (Å²) in [4.78, 5) is 40.0. The average molecular weight is 629 g/mol. The van der Waals surface area contributed by atoms with Gasteiger partial charge < -0.3 is 20.5 Å². The van der Waals surface area contributed by atoms with Gasteiger partial charge in [-0.05, 0) is 69.0 Å². The summed E-state index contributed by atoms with van der Waals surface area (Å²) in [7, 11) is 1.85. The highest BCUT2D eigenvalue weighted by molar-refractivity contribution is 9.10. The van der Waals surface area contributed by atoms with Crippen molar-refractivity contribution in [2.75, 3.05) is 25.5 Å². The molecule has 4 aromatic carbocycles. The summed E-state index contributed by atoms with van der Waals surface area (Å²) in [5, 5.41) is 14.9. The van der Waals surface area contributed by atoms with E-state index in [0.717, 1.165) is 27.8 Å². The number of fused-ring (bicyclic) bond motifs is 3. The minimum absolute atomic E-state index is 0.0238. The molecular weight excluding hydrogens is 598 g/mol. The summed E-state index contributed by atoms with van der Waals surface area (Å²) < 4.78 is 6.22. The average Bonchev–Trinajstić information content (AvgIpc) is 3.30. The predicted octanol–water partition coefficient (Wildman–Crippen LogP) is 6.13. The molecule has 8 nitrogen and oxygen atoms in total. The van der Waals surface area contributed by atoms with Crippen LogP contribution in [-0.4, -0.2) is 54.2 Å². The largest absolute Gasteiger partial charge is 0.478 e. The Hall–Kier alpha value is -4.47. The molecule has 4 aromatic rings. The van der Waals surface area contributed by atoms with Gasteiger partial charge in [0.1, 0.15) is 12.6 Å². The number of anilines is 1. The van der Waals surface area contributed by atoms with Crippen molar-refractivity contribution in [1.82, 2.24) is 10.2 Å². The van der Waals surface area contributed by atoms with Gasteiger partial charge in [0.25, 0.3) is 0 Å². The second-order valence-corrected chi connectivity index (χ2v) is 11.0. The Morgan fingerprint density at radius 3 is 2.17 bits per heavy atom. The van der Waals surface area contributed by atoms with Crippen molar-refractivity contribution < 1.29 is 24.2 Å². The molecule has 214 valence electrons. The van der Waals surface area contributed by atoms with E-state index in [1.807, 2.05) is 78.7 Å². The number of halogens is 1. The number of hydrogen-bond donors (Lipinski definition) is 3. The van der Waals surface area contributed by atoms with Crippen molar-refractivity contribution >= 4 is 39.6 Å². The fourth-order valence-electron chi connectivity index (χ4n) is 5.22. The Morgan fingerprint density at radius 1 is 0.905 bits per heavy atom. The van der Waals surface area contributed by atoms with Crippen molar-refractivity contribution in [1.29, 1.82) is 0 Å². The first kappa shape index (κ1) is 29.0. The molecule has 1 unspecified atom stereocenters. The summed E-state index contributed by atoms with van der Waals surface area (Å²) in [6.45, 7) is 0.844. The van der Waals surface area contributed by atoms with Gasteiger partial charge in [0.05, 0.1) is 11.3 Å². The zero-order valence-electron chi connectivity index (χ0n) is 22.9. The van der Waals surface area contributed by atoms with Crippen LogP contribution in [-0.2, 0) is 16.1 Å². The summed E-state index contributed by atoms with van der Waals surface area (Å²) in [6, 6.07) is 29.3. The van der Waals surface area contributed by atoms with Crippen LogP contribution in [0.4, 0.5) is 10.5 Å². The number of likely N-dealkylation sites (N-methyl/N-ethyl adjacent to an activating group) is 1. The lowest BCUT2D eigenvalue weighted by Crippen LogP contribution is -2.50. The van der Waals surface area contributed by atoms with E-state index in [-0.39, 0.29) is 30.3 Å². The third-order valence-corrected chi connectivity index (χ3v) is 7.90. The molecule has 3 N–H and O–H groups in total. The number of ether oxygens (including phenoxy) is 1. The zero-order valence-corrected chi connectivity index (χ0v) is 24.5. The molecule has 42 heavy (non-hydrogen) atoms. The predicted molar refractivity (Wildman–Crippen MR) is 164 cm³/mol. The lowest BCUT2D eigenvalue weighted by molar-refractivity contribution is -0.118. The van der Waals surface area contributed by atoms with Gasteiger partial charge in [-0.1, -0.05) is 78.9 Å². The Labute approximate surface area is 252 Å². The number of alkyl carbamates (subject to hydrolysis) is 1. The SMILES string of the molecule is CN(Cc1ccccc1)CC(NC(=O)OCC1c2ccccc2-c2ccccc21)C(=O)Nc1cc(C(=O)O)ccc1Br. The number of hydrogen-bond acceptors (Lipinski definition) is 5. The topological polar surface area (TPSA) is 108 Å². The van der Waals surface area contributed by atoms with Gasteiger partial charge in [0, 0.05) is 23.5 Å². The number of amides is 2. The van der Waals surface area contributed by atoms with Crippen LogP contribution in [0.5, 0.6) is 0 Å². The van der Waals surface area contributed by atoms with Crippen LogP contribution in [0.1, 0.15) is 33.0 Å². The molecule has 1 aliphatic rings. The maximum absolute atomic E-state index is 13.5. The number of nitrogens with one attached hydrogen (secondary N) is 2. The van der Waals surface area contributed by atoms with Crippen LogP contribution in [0.15, 0.2) is 102 Å². The maximum atomic E-state index is 13.5. The highest BCUT2D eigenvalue weighted by atomic mass is 79.9. The van der Waals surface area contributed by atoms with Gasteiger partial charge in [-0.2, -0.15) is 0 Å². The Kier molecular flexibility index (Phi) is 9.00. The first-order valence-electron chi connectivity index (χ1n) is 13.5. The molecule has 0 spiro atoms. The molecule has 1 aliphatic carbocycles. The van der Waals surface area contributed by atoms with Gasteiger partial charge in [-0.3, -0.25) is 9.69 Å². The van der Waals surface area contributed by atoms with Gasteiger partial charge in [0.2, 0.25) is 5.91 Å². The third kappa shape index (κ3) is 6.70. The summed E-state index contributed by atoms with van der Waals surface area (Å²) in [6.07, 6.45) is -0.719. The first-order chi connectivity index (χ1) is 20.3. The van der Waals surface area contributed by atoms with E-state index in [1.54, 1.807) is 6.07 Å². The lowest BCUT2D eigenvalue weighted by atomic mass is 9.98. The maximum Gasteiger partial charge on any atom is 0.407 e. The van der Waals surface area contributed by atoms with Gasteiger partial charge >= 0.3 is 12.1 Å². The highest BCUT2D eigenvalue weighted by Gasteiger charge is 2.30. The van der Waals surface area contributed by atoms with E-state index in [1.165, 1.54) is 12.1 Å². The minimum Gasteiger partial charge on any atom is -0.478 e. The standard InChI is InChI=1S/C33H30BrN3O5/c1-37(18-21-9-3-2-4-10-21)19-30(31(38)35-29-17-22(32(39)40)15-16-28(29)34)36-33(41)42-20-27-25-13-7-5-11-23(25)24-12-6-8-14-26(24)27/h2-17,27,30H,18-20H2,1H3,(H,35,38)(H,36,41)(H,39,40). The molecule has 1 atom stereocenters. The first-order valence-corrected chi connectivity index (χ1v) is 14.3. The van der Waals surface area contributed by atoms with E-state index >= 15 is 0 Å². The number of benzene rings is 4. The van der Waals surface area contributed by atoms with E-state index < -0.39 is 24.0 Å². The van der Waals surface area contributed by atoms with E-state index in [2.05, 4.69) is 38.7 Å². The molecule has 0 fully saturated rings. The van der Waals surface area contributed by atoms with Crippen molar-refractivity contribution in [2.24, 2.45) is 0 Å². The van der Waals surface area contributed by atoms with Crippen LogP contribution in [0.2, 0.25) is 0 Å². The number of aromatic carboxylic acids is 1. The second kappa shape index (κ2) is 13.0. The minimum atomic E-state index is -1.12. The fraction of sp³-hybridized carbons (Fsp3) is 0.182. The molecule has 2 amide bonds. The number of carbonyl (C=O) groups is 3. The van der Waals surface area contributed by atoms with Crippen molar-refractivity contribution in [3.8, 4) is 11.1 Å². The molecule has 0 aliphatic heterocycles. The number of carboxylic acids is 1. The monoisotopic (exact) mass is 627 g/mol. The molecule has 5 rings (SSSR count). The van der Waals surface area contributed by atoms with Crippen molar-refractivity contribution in [3.05, 3.63) is 124 Å². The molecule has 0 radical (unpaired) electrons. The molecule has 0 saturated carbocycles. The number of carbonyl (C=O) groups excluding carboxylic acids is 2. The van der Waals surface area contributed by atoms with Gasteiger partial charge in [-0.15, -0.1) is 0 Å². The summed E-state index contributed by atoms with van der Waals surface area (Å²) in [5.74, 6) is -1.74. The highest BCUT2D eigenvalue weighted by Crippen LogP contribution is 2.44. The van der Waals surface area contributed by atoms with E-state index in [0.29, 0.717) is 11.0 Å². The molecule has 0 heterocycles. The number of carboxylic acid groups (broad SMARTS) is 1. The van der Waals surface area contributed by atoms with Gasteiger partial charge in [-0.25, -0.2) is 9.59 Å². The molecular formula is C33H30BrN3O5. The zero-order chi connectivity index (χ0) is 29.6. The Bertz CT molecular complexity index is 1570. The quantitative estimate of drug-likeness (QED) is 0.195. The van der Waals surface area contributed by atoms with Crippen molar-refractivity contribution in [2.45, 2.75) is 18.5 Å². The molecule has 0 saturated heterocycles. The number of nitrogens with zero attached hydrogens (tertiary/aromatic N) is 1. The third-order valence-electron chi connectivity index (χ3n) is 7.21. The van der Waals surface area contributed by atoms with Crippen LogP contribution >= 0.6 is 15.9 Å². The summed E-state index contributed by atoms with van der Waals surface area (Å²) in [5.41, 5.74) is 5.78. The van der Waals surface area contributed by atoms with Crippen LogP contribution in [0, 0.1) is 0 Å². The van der Waals surface area contributed by atoms with Crippen LogP contribution in [0.25, 0.3) is 11.1 Å².